The molecule has 1 N–H and O–H groups in total. The summed E-state index contributed by atoms with van der Waals surface area (Å²) in [6, 6.07) is 0. The van der Waals surface area contributed by atoms with Gasteiger partial charge in [0, 0.05) is 5.38 Å². The highest BCUT2D eigenvalue weighted by atomic mass is 32.1. The zero-order valence-corrected chi connectivity index (χ0v) is 6.86. The highest BCUT2D eigenvalue weighted by Crippen LogP contribution is 2.11. The van der Waals surface area contributed by atoms with Crippen LogP contribution >= 0.6 is 11.3 Å². The van der Waals surface area contributed by atoms with Crippen LogP contribution in [0.15, 0.2) is 11.2 Å². The average Bonchev–Trinajstić information content (AvgIpc) is 2.35. The monoisotopic (exact) mass is 173 g/mol. The second-order valence-electron chi connectivity index (χ2n) is 2.04. The molecule has 0 amide bonds. The first-order chi connectivity index (χ1) is 5.22. The normalized spacial score (nSPS) is 12.1. The lowest BCUT2D eigenvalue weighted by Gasteiger charge is -1.86. The topological polar surface area (TPSA) is 33.1 Å². The average molecular weight is 173 g/mol. The Morgan fingerprint density at radius 3 is 3.09 bits per heavy atom. The van der Waals surface area contributed by atoms with Gasteiger partial charge in [0.1, 0.15) is 5.83 Å². The molecule has 0 aliphatic carbocycles. The maximum atomic E-state index is 12.4. The number of nitrogens with zero attached hydrogens (tertiary/aromatic N) is 1. The lowest BCUT2D eigenvalue weighted by molar-refractivity contribution is 0.300. The Morgan fingerprint density at radius 2 is 2.64 bits per heavy atom. The van der Waals surface area contributed by atoms with Crippen molar-refractivity contribution in [3.8, 4) is 0 Å². The van der Waals surface area contributed by atoms with Crippen molar-refractivity contribution in [3.05, 3.63) is 21.9 Å². The molecule has 0 unspecified atom stereocenters. The molecule has 4 heteroatoms. The van der Waals surface area contributed by atoms with Crippen LogP contribution < -0.4 is 0 Å². The molecular formula is C7H8FNOS. The Kier molecular flexibility index (Phi) is 2.73. The summed E-state index contributed by atoms with van der Waals surface area (Å²) in [4.78, 5) is 3.99. The number of thiazole rings is 1. The van der Waals surface area contributed by atoms with Gasteiger partial charge in [0.25, 0.3) is 0 Å². The summed E-state index contributed by atoms with van der Waals surface area (Å²) in [6.45, 7) is 1.29. The van der Waals surface area contributed by atoms with Gasteiger partial charge in [-0.25, -0.2) is 9.37 Å². The van der Waals surface area contributed by atoms with Crippen molar-refractivity contribution in [2.45, 2.75) is 6.92 Å². The molecule has 0 spiro atoms. The molecule has 1 heterocycles. The van der Waals surface area contributed by atoms with Gasteiger partial charge < -0.3 is 5.11 Å². The van der Waals surface area contributed by atoms with Crippen molar-refractivity contribution in [1.82, 2.24) is 4.98 Å². The van der Waals surface area contributed by atoms with E-state index in [1.165, 1.54) is 17.4 Å². The quantitative estimate of drug-likeness (QED) is 0.739. The number of halogens is 1. The SMILES string of the molecule is Cc1nc(/C=C(/F)CO)cs1. The van der Waals surface area contributed by atoms with Crippen molar-refractivity contribution in [3.63, 3.8) is 0 Å². The maximum Gasteiger partial charge on any atom is 0.127 e. The van der Waals surface area contributed by atoms with Crippen LogP contribution in [-0.2, 0) is 0 Å². The van der Waals surface area contributed by atoms with E-state index in [9.17, 15) is 4.39 Å². The smallest absolute Gasteiger partial charge is 0.127 e. The van der Waals surface area contributed by atoms with Gasteiger partial charge >= 0.3 is 0 Å². The lowest BCUT2D eigenvalue weighted by atomic mass is 10.4. The molecule has 0 aromatic carbocycles. The van der Waals surface area contributed by atoms with Crippen LogP contribution in [0.25, 0.3) is 6.08 Å². The summed E-state index contributed by atoms with van der Waals surface area (Å²) in [5, 5.41) is 11.0. The first-order valence-corrected chi connectivity index (χ1v) is 3.99. The first-order valence-electron chi connectivity index (χ1n) is 3.11. The van der Waals surface area contributed by atoms with E-state index in [2.05, 4.69) is 4.98 Å². The number of aromatic nitrogens is 1. The van der Waals surface area contributed by atoms with Gasteiger partial charge in [-0.3, -0.25) is 0 Å². The number of aliphatic hydroxyl groups is 1. The Hall–Kier alpha value is -0.740. The number of hydrogen-bond acceptors (Lipinski definition) is 3. The third-order valence-corrected chi connectivity index (χ3v) is 1.88. The van der Waals surface area contributed by atoms with Gasteiger partial charge in [0.05, 0.1) is 17.3 Å². The highest BCUT2D eigenvalue weighted by molar-refractivity contribution is 7.09. The number of rotatable bonds is 2. The van der Waals surface area contributed by atoms with E-state index in [0.717, 1.165) is 5.01 Å². The van der Waals surface area contributed by atoms with Gasteiger partial charge in [0.15, 0.2) is 0 Å². The van der Waals surface area contributed by atoms with E-state index < -0.39 is 12.4 Å². The van der Waals surface area contributed by atoms with Crippen LogP contribution in [0.1, 0.15) is 10.7 Å². The van der Waals surface area contributed by atoms with E-state index in [1.54, 1.807) is 5.38 Å². The van der Waals surface area contributed by atoms with Crippen LogP contribution in [0.3, 0.4) is 0 Å². The highest BCUT2D eigenvalue weighted by Gasteiger charge is 1.96. The molecule has 0 saturated carbocycles. The molecule has 0 aliphatic rings. The molecule has 0 aliphatic heterocycles. The van der Waals surface area contributed by atoms with Crippen molar-refractivity contribution in [2.24, 2.45) is 0 Å². The van der Waals surface area contributed by atoms with Gasteiger partial charge in [-0.1, -0.05) is 0 Å². The molecule has 0 radical (unpaired) electrons. The molecule has 1 aromatic heterocycles. The minimum absolute atomic E-state index is 0.559. The summed E-state index contributed by atoms with van der Waals surface area (Å²) in [5.41, 5.74) is 0.569. The lowest BCUT2D eigenvalue weighted by Crippen LogP contribution is -1.82. The zero-order chi connectivity index (χ0) is 8.27. The van der Waals surface area contributed by atoms with Gasteiger partial charge in [-0.15, -0.1) is 11.3 Å². The van der Waals surface area contributed by atoms with Crippen LogP contribution in [0.4, 0.5) is 4.39 Å². The van der Waals surface area contributed by atoms with Crippen LogP contribution in [0, 0.1) is 6.92 Å². The second kappa shape index (κ2) is 3.59. The Morgan fingerprint density at radius 1 is 1.91 bits per heavy atom. The Balaban J connectivity index is 2.78. The molecule has 0 fully saturated rings. The predicted octanol–water partition coefficient (Wildman–Crippen LogP) is 1.75. The molecule has 11 heavy (non-hydrogen) atoms. The Bertz CT molecular complexity index is 269. The summed E-state index contributed by atoms with van der Waals surface area (Å²) in [7, 11) is 0. The van der Waals surface area contributed by atoms with E-state index >= 15 is 0 Å². The molecule has 0 atom stereocenters. The number of aliphatic hydroxyl groups excluding tert-OH is 1. The van der Waals surface area contributed by atoms with Gasteiger partial charge in [-0.05, 0) is 13.0 Å². The summed E-state index contributed by atoms with van der Waals surface area (Å²) in [6.07, 6.45) is 1.23. The molecular weight excluding hydrogens is 165 g/mol. The summed E-state index contributed by atoms with van der Waals surface area (Å²) >= 11 is 1.45. The molecule has 60 valence electrons. The fourth-order valence-electron chi connectivity index (χ4n) is 0.653. The van der Waals surface area contributed by atoms with Crippen LogP contribution in [0.2, 0.25) is 0 Å². The standard InChI is InChI=1S/C7H8FNOS/c1-5-9-7(4-11-5)2-6(8)3-10/h2,4,10H,3H2,1H3/b6-2+. The van der Waals surface area contributed by atoms with Crippen molar-refractivity contribution >= 4 is 17.4 Å². The summed E-state index contributed by atoms with van der Waals surface area (Å²) < 4.78 is 12.4. The largest absolute Gasteiger partial charge is 0.389 e. The van der Waals surface area contributed by atoms with Gasteiger partial charge in [0.2, 0.25) is 0 Å². The molecule has 0 saturated heterocycles. The van der Waals surface area contributed by atoms with Crippen molar-refractivity contribution in [2.75, 3.05) is 6.61 Å². The minimum Gasteiger partial charge on any atom is -0.389 e. The van der Waals surface area contributed by atoms with E-state index in [-0.39, 0.29) is 0 Å². The second-order valence-corrected chi connectivity index (χ2v) is 3.10. The summed E-state index contributed by atoms with van der Waals surface area (Å²) in [5.74, 6) is -0.560. The van der Waals surface area contributed by atoms with Gasteiger partial charge in [-0.2, -0.15) is 0 Å². The number of hydrogen-bond donors (Lipinski definition) is 1. The molecule has 1 aromatic rings. The fraction of sp³-hybridized carbons (Fsp3) is 0.286. The van der Waals surface area contributed by atoms with Crippen LogP contribution in [0.5, 0.6) is 0 Å². The zero-order valence-electron chi connectivity index (χ0n) is 6.04. The third kappa shape index (κ3) is 2.40. The number of aryl methyl sites for hydroxylation is 1. The first kappa shape index (κ1) is 8.36. The molecule has 2 nitrogen and oxygen atoms in total. The van der Waals surface area contributed by atoms with Crippen molar-refractivity contribution < 1.29 is 9.50 Å². The van der Waals surface area contributed by atoms with E-state index in [1.807, 2.05) is 6.92 Å². The fourth-order valence-corrected chi connectivity index (χ4v) is 1.22. The third-order valence-electron chi connectivity index (χ3n) is 1.09. The maximum absolute atomic E-state index is 12.4. The molecule has 0 bridgehead atoms. The van der Waals surface area contributed by atoms with Crippen LogP contribution in [-0.4, -0.2) is 16.7 Å². The molecule has 1 rings (SSSR count). The predicted molar refractivity (Wildman–Crippen MR) is 43.0 cm³/mol. The Labute approximate surface area is 68.0 Å². The minimum atomic E-state index is -0.560. The van der Waals surface area contributed by atoms with E-state index in [0.29, 0.717) is 5.69 Å². The van der Waals surface area contributed by atoms with Crippen molar-refractivity contribution in [1.29, 1.82) is 0 Å². The van der Waals surface area contributed by atoms with E-state index in [4.69, 9.17) is 5.11 Å².